The first-order chi connectivity index (χ1) is 13.2. The van der Waals surface area contributed by atoms with Crippen molar-refractivity contribution in [2.75, 3.05) is 30.2 Å². The number of anilines is 1. The van der Waals surface area contributed by atoms with Crippen molar-refractivity contribution >= 4 is 41.1 Å². The van der Waals surface area contributed by atoms with Gasteiger partial charge in [-0.3, -0.25) is 4.79 Å². The van der Waals surface area contributed by atoms with Gasteiger partial charge in [0.25, 0.3) is 5.91 Å². The fraction of sp³-hybridized carbons (Fsp3) is 0.263. The molecule has 27 heavy (non-hydrogen) atoms. The van der Waals surface area contributed by atoms with Crippen LogP contribution in [0.15, 0.2) is 42.5 Å². The van der Waals surface area contributed by atoms with E-state index in [9.17, 15) is 9.59 Å². The highest BCUT2D eigenvalue weighted by Gasteiger charge is 2.19. The Kier molecular flexibility index (Phi) is 5.45. The Hall–Kier alpha value is -2.32. The molecule has 0 spiro atoms. The minimum atomic E-state index is -0.519. The zero-order valence-corrected chi connectivity index (χ0v) is 15.9. The number of hydrogen-bond acceptors (Lipinski definition) is 7. The number of hydrogen-bond donors (Lipinski definition) is 1. The highest BCUT2D eigenvalue weighted by molar-refractivity contribution is 8.19. The van der Waals surface area contributed by atoms with Crippen LogP contribution in [0, 0.1) is 0 Å². The molecule has 0 radical (unpaired) electrons. The molecule has 0 unspecified atom stereocenters. The predicted molar refractivity (Wildman–Crippen MR) is 106 cm³/mol. The fourth-order valence-corrected chi connectivity index (χ4v) is 5.57. The third-order valence-electron chi connectivity index (χ3n) is 4.03. The van der Waals surface area contributed by atoms with E-state index >= 15 is 0 Å². The normalized spacial score (nSPS) is 15.6. The number of ether oxygens (including phenoxy) is 3. The monoisotopic (exact) mass is 403 g/mol. The molecule has 0 atom stereocenters. The van der Waals surface area contributed by atoms with Gasteiger partial charge in [-0.25, -0.2) is 4.79 Å². The molecular formula is C19H17NO5S2. The lowest BCUT2D eigenvalue weighted by Gasteiger charge is -2.10. The van der Waals surface area contributed by atoms with Gasteiger partial charge in [-0.2, -0.15) is 0 Å². The number of thioether (sulfide) groups is 2. The Bertz CT molecular complexity index is 850. The second-order valence-corrected chi connectivity index (χ2v) is 8.61. The van der Waals surface area contributed by atoms with Gasteiger partial charge in [0.2, 0.25) is 6.79 Å². The number of rotatable bonds is 5. The summed E-state index contributed by atoms with van der Waals surface area (Å²) in [6, 6.07) is 12.5. The molecule has 2 aliphatic rings. The van der Waals surface area contributed by atoms with Crippen LogP contribution in [0.5, 0.6) is 11.5 Å². The van der Waals surface area contributed by atoms with Crippen molar-refractivity contribution < 1.29 is 23.8 Å². The molecule has 1 amide bonds. The van der Waals surface area contributed by atoms with Crippen LogP contribution in [0.3, 0.4) is 0 Å². The smallest absolute Gasteiger partial charge is 0.338 e. The van der Waals surface area contributed by atoms with Gasteiger partial charge in [0.1, 0.15) is 0 Å². The Morgan fingerprint density at radius 2 is 1.78 bits per heavy atom. The quantitative estimate of drug-likeness (QED) is 0.763. The van der Waals surface area contributed by atoms with E-state index in [1.165, 1.54) is 5.56 Å². The van der Waals surface area contributed by atoms with Crippen LogP contribution < -0.4 is 14.8 Å². The second kappa shape index (κ2) is 8.14. The Labute approximate surface area is 164 Å². The maximum atomic E-state index is 12.1. The van der Waals surface area contributed by atoms with Crippen LogP contribution in [-0.4, -0.2) is 36.8 Å². The van der Waals surface area contributed by atoms with Crippen LogP contribution in [0.4, 0.5) is 5.69 Å². The Balaban J connectivity index is 1.28. The molecule has 2 aromatic rings. The SMILES string of the molecule is O=C(COC(=O)c1ccc(C2SCCS2)cc1)Nc1ccc2c(c1)OCO2. The molecule has 1 N–H and O–H groups in total. The summed E-state index contributed by atoms with van der Waals surface area (Å²) in [4.78, 5) is 24.1. The van der Waals surface area contributed by atoms with Gasteiger partial charge in [-0.1, -0.05) is 12.1 Å². The maximum Gasteiger partial charge on any atom is 0.338 e. The van der Waals surface area contributed by atoms with E-state index in [-0.39, 0.29) is 13.4 Å². The van der Waals surface area contributed by atoms with Crippen molar-refractivity contribution in [1.82, 2.24) is 0 Å². The van der Waals surface area contributed by atoms with E-state index in [1.807, 2.05) is 35.7 Å². The summed E-state index contributed by atoms with van der Waals surface area (Å²) in [7, 11) is 0. The van der Waals surface area contributed by atoms with E-state index in [0.29, 0.717) is 27.3 Å². The van der Waals surface area contributed by atoms with E-state index < -0.39 is 11.9 Å². The van der Waals surface area contributed by atoms with Crippen molar-refractivity contribution in [2.24, 2.45) is 0 Å². The molecule has 0 aromatic heterocycles. The van der Waals surface area contributed by atoms with Crippen molar-refractivity contribution in [1.29, 1.82) is 0 Å². The molecule has 8 heteroatoms. The zero-order chi connectivity index (χ0) is 18.6. The predicted octanol–water partition coefficient (Wildman–Crippen LogP) is 3.69. The summed E-state index contributed by atoms with van der Waals surface area (Å²) < 4.78 is 16.0. The van der Waals surface area contributed by atoms with Crippen molar-refractivity contribution in [2.45, 2.75) is 4.58 Å². The number of carbonyl (C=O) groups excluding carboxylic acids is 2. The first-order valence-electron chi connectivity index (χ1n) is 8.39. The summed E-state index contributed by atoms with van der Waals surface area (Å²) in [5.74, 6) is 2.57. The number of amides is 1. The zero-order valence-electron chi connectivity index (χ0n) is 14.3. The number of nitrogens with one attached hydrogen (secondary N) is 1. The van der Waals surface area contributed by atoms with Gasteiger partial charge >= 0.3 is 5.97 Å². The molecular weight excluding hydrogens is 386 g/mol. The summed E-state index contributed by atoms with van der Waals surface area (Å²) in [6.45, 7) is -0.190. The molecule has 2 aliphatic heterocycles. The second-order valence-electron chi connectivity index (χ2n) is 5.89. The first kappa shape index (κ1) is 18.1. The van der Waals surface area contributed by atoms with Gasteiger partial charge in [0, 0.05) is 23.3 Å². The third kappa shape index (κ3) is 4.33. The van der Waals surface area contributed by atoms with E-state index in [2.05, 4.69) is 5.32 Å². The van der Waals surface area contributed by atoms with Crippen LogP contribution in [-0.2, 0) is 9.53 Å². The number of fused-ring (bicyclic) bond motifs is 1. The molecule has 0 bridgehead atoms. The molecule has 0 aliphatic carbocycles. The van der Waals surface area contributed by atoms with Gasteiger partial charge < -0.3 is 19.5 Å². The average molecular weight is 403 g/mol. The molecule has 2 heterocycles. The lowest BCUT2D eigenvalue weighted by atomic mass is 10.1. The average Bonchev–Trinajstić information content (AvgIpc) is 3.37. The summed E-state index contributed by atoms with van der Waals surface area (Å²) in [5.41, 5.74) is 2.18. The molecule has 1 saturated heterocycles. The highest BCUT2D eigenvalue weighted by Crippen LogP contribution is 2.45. The minimum absolute atomic E-state index is 0.168. The topological polar surface area (TPSA) is 73.9 Å². The van der Waals surface area contributed by atoms with Crippen LogP contribution in [0.25, 0.3) is 0 Å². The molecule has 140 valence electrons. The molecule has 1 fully saturated rings. The summed E-state index contributed by atoms with van der Waals surface area (Å²) in [5, 5.41) is 2.67. The van der Waals surface area contributed by atoms with E-state index in [1.54, 1.807) is 30.3 Å². The molecule has 4 rings (SSSR count). The molecule has 2 aromatic carbocycles. The van der Waals surface area contributed by atoms with E-state index in [0.717, 1.165) is 11.5 Å². The van der Waals surface area contributed by atoms with Gasteiger partial charge in [0.15, 0.2) is 18.1 Å². The largest absolute Gasteiger partial charge is 0.454 e. The van der Waals surface area contributed by atoms with Crippen LogP contribution >= 0.6 is 23.5 Å². The number of carbonyl (C=O) groups is 2. The van der Waals surface area contributed by atoms with Gasteiger partial charge in [-0.05, 0) is 29.8 Å². The number of benzene rings is 2. The summed E-state index contributed by atoms with van der Waals surface area (Å²) >= 11 is 3.82. The Morgan fingerprint density at radius 1 is 1.04 bits per heavy atom. The van der Waals surface area contributed by atoms with E-state index in [4.69, 9.17) is 14.2 Å². The Morgan fingerprint density at radius 3 is 2.56 bits per heavy atom. The maximum absolute atomic E-state index is 12.1. The van der Waals surface area contributed by atoms with Gasteiger partial charge in [-0.15, -0.1) is 23.5 Å². The summed E-state index contributed by atoms with van der Waals surface area (Å²) in [6.07, 6.45) is 0. The number of esters is 1. The van der Waals surface area contributed by atoms with Crippen LogP contribution in [0.2, 0.25) is 0 Å². The minimum Gasteiger partial charge on any atom is -0.454 e. The van der Waals surface area contributed by atoms with Gasteiger partial charge in [0.05, 0.1) is 10.1 Å². The standard InChI is InChI=1S/C19H17NO5S2/c21-17(20-14-5-6-15-16(9-14)25-11-24-15)10-23-18(22)12-1-3-13(4-2-12)19-26-7-8-27-19/h1-6,9,19H,7-8,10-11H2,(H,20,21). The first-order valence-corrected chi connectivity index (χ1v) is 10.5. The third-order valence-corrected chi connectivity index (χ3v) is 7.14. The lowest BCUT2D eigenvalue weighted by molar-refractivity contribution is -0.119. The molecule has 6 nitrogen and oxygen atoms in total. The fourth-order valence-electron chi connectivity index (χ4n) is 2.71. The van der Waals surface area contributed by atoms with Crippen molar-refractivity contribution in [3.8, 4) is 11.5 Å². The van der Waals surface area contributed by atoms with Crippen LogP contribution in [0.1, 0.15) is 20.5 Å². The lowest BCUT2D eigenvalue weighted by Crippen LogP contribution is -2.20. The molecule has 0 saturated carbocycles. The highest BCUT2D eigenvalue weighted by atomic mass is 32.2. The van der Waals surface area contributed by atoms with Crippen molar-refractivity contribution in [3.05, 3.63) is 53.6 Å². The van der Waals surface area contributed by atoms with Crippen molar-refractivity contribution in [3.63, 3.8) is 0 Å².